The molecule has 0 atom stereocenters. The zero-order valence-electron chi connectivity index (χ0n) is 12.9. The Kier molecular flexibility index (Phi) is 4.24. The summed E-state index contributed by atoms with van der Waals surface area (Å²) < 4.78 is 1.88. The summed E-state index contributed by atoms with van der Waals surface area (Å²) in [5.41, 5.74) is 4.97. The highest BCUT2D eigenvalue weighted by atomic mass is 16.4. The van der Waals surface area contributed by atoms with Gasteiger partial charge in [0.05, 0.1) is 23.5 Å². The molecule has 0 amide bonds. The van der Waals surface area contributed by atoms with Crippen LogP contribution in [0.5, 0.6) is 0 Å². The van der Waals surface area contributed by atoms with E-state index < -0.39 is 5.97 Å². The third-order valence-electron chi connectivity index (χ3n) is 3.67. The number of carbonyl (C=O) groups is 1. The number of aliphatic carboxylic acids is 1. The fourth-order valence-electron chi connectivity index (χ4n) is 2.56. The lowest BCUT2D eigenvalue weighted by Crippen LogP contribution is -2.01. The van der Waals surface area contributed by atoms with E-state index in [1.165, 1.54) is 5.56 Å². The van der Waals surface area contributed by atoms with E-state index in [9.17, 15) is 4.79 Å². The molecule has 1 heterocycles. The maximum atomic E-state index is 10.8. The van der Waals surface area contributed by atoms with Gasteiger partial charge >= 0.3 is 5.97 Å². The summed E-state index contributed by atoms with van der Waals surface area (Å²) in [6.07, 6.45) is 0.507. The predicted molar refractivity (Wildman–Crippen MR) is 89.7 cm³/mol. The maximum Gasteiger partial charge on any atom is 0.303 e. The topological polar surface area (TPSA) is 55.1 Å². The van der Waals surface area contributed by atoms with Crippen molar-refractivity contribution in [2.24, 2.45) is 0 Å². The number of para-hydroxylation sites is 1. The first-order valence-corrected chi connectivity index (χ1v) is 7.57. The molecule has 0 saturated heterocycles. The van der Waals surface area contributed by atoms with Gasteiger partial charge in [-0.1, -0.05) is 42.0 Å². The molecule has 3 rings (SSSR count). The summed E-state index contributed by atoms with van der Waals surface area (Å²) in [4.78, 5) is 10.8. The summed E-state index contributed by atoms with van der Waals surface area (Å²) in [5, 5.41) is 13.5. The molecule has 0 aliphatic rings. The van der Waals surface area contributed by atoms with Crippen molar-refractivity contribution in [3.05, 3.63) is 71.9 Å². The minimum absolute atomic E-state index is 0.0824. The van der Waals surface area contributed by atoms with Crippen molar-refractivity contribution in [1.82, 2.24) is 9.78 Å². The van der Waals surface area contributed by atoms with E-state index in [1.54, 1.807) is 0 Å². The first-order chi connectivity index (χ1) is 11.1. The zero-order chi connectivity index (χ0) is 16.2. The van der Waals surface area contributed by atoms with Crippen LogP contribution in [0.4, 0.5) is 0 Å². The molecule has 0 aliphatic heterocycles. The SMILES string of the molecule is Cc1cccc(-c2cc(CCC(=O)O)nn2-c2ccccc2)c1. The number of hydrogen-bond acceptors (Lipinski definition) is 2. The first-order valence-electron chi connectivity index (χ1n) is 7.57. The van der Waals surface area contributed by atoms with Crippen molar-refractivity contribution in [3.63, 3.8) is 0 Å². The van der Waals surface area contributed by atoms with Crippen molar-refractivity contribution in [2.45, 2.75) is 19.8 Å². The Hall–Kier alpha value is -2.88. The van der Waals surface area contributed by atoms with Crippen molar-refractivity contribution in [2.75, 3.05) is 0 Å². The van der Waals surface area contributed by atoms with Crippen LogP contribution in [-0.2, 0) is 11.2 Å². The third kappa shape index (κ3) is 3.48. The molecule has 0 radical (unpaired) electrons. The van der Waals surface area contributed by atoms with E-state index >= 15 is 0 Å². The molecule has 1 N–H and O–H groups in total. The molecule has 4 nitrogen and oxygen atoms in total. The van der Waals surface area contributed by atoms with Crippen LogP contribution in [0, 0.1) is 6.92 Å². The Morgan fingerprint density at radius 2 is 1.87 bits per heavy atom. The van der Waals surface area contributed by atoms with E-state index in [-0.39, 0.29) is 6.42 Å². The lowest BCUT2D eigenvalue weighted by Gasteiger charge is -2.08. The van der Waals surface area contributed by atoms with E-state index in [2.05, 4.69) is 24.2 Å². The molecule has 3 aromatic rings. The van der Waals surface area contributed by atoms with Gasteiger partial charge in [0.2, 0.25) is 0 Å². The highest BCUT2D eigenvalue weighted by Crippen LogP contribution is 2.25. The molecule has 4 heteroatoms. The normalized spacial score (nSPS) is 10.7. The second-order valence-corrected chi connectivity index (χ2v) is 5.53. The number of aromatic nitrogens is 2. The zero-order valence-corrected chi connectivity index (χ0v) is 12.9. The standard InChI is InChI=1S/C19H18N2O2/c1-14-6-5-7-15(12-14)18-13-16(10-11-19(22)23)20-21(18)17-8-3-2-4-9-17/h2-9,12-13H,10-11H2,1H3,(H,22,23). The second-order valence-electron chi connectivity index (χ2n) is 5.53. The van der Waals surface area contributed by atoms with E-state index in [4.69, 9.17) is 5.11 Å². The molecule has 0 fully saturated rings. The monoisotopic (exact) mass is 306 g/mol. The number of carboxylic acid groups (broad SMARTS) is 1. The molecular weight excluding hydrogens is 288 g/mol. The van der Waals surface area contributed by atoms with Gasteiger partial charge in [0.1, 0.15) is 0 Å². The predicted octanol–water partition coefficient (Wildman–Crippen LogP) is 3.86. The Morgan fingerprint density at radius 1 is 1.09 bits per heavy atom. The molecule has 0 aliphatic carbocycles. The molecule has 0 saturated carbocycles. The fraction of sp³-hybridized carbons (Fsp3) is 0.158. The summed E-state index contributed by atoms with van der Waals surface area (Å²) in [5.74, 6) is -0.809. The van der Waals surface area contributed by atoms with Gasteiger partial charge in [-0.2, -0.15) is 5.10 Å². The smallest absolute Gasteiger partial charge is 0.303 e. The third-order valence-corrected chi connectivity index (χ3v) is 3.67. The van der Waals surface area contributed by atoms with Gasteiger partial charge in [0, 0.05) is 12.0 Å². The van der Waals surface area contributed by atoms with Crippen LogP contribution in [0.2, 0.25) is 0 Å². The Bertz CT molecular complexity index is 822. The Labute approximate surface area is 135 Å². The van der Waals surface area contributed by atoms with Crippen LogP contribution in [0.15, 0.2) is 60.7 Å². The second kappa shape index (κ2) is 6.48. The molecule has 0 unspecified atom stereocenters. The number of aryl methyl sites for hydroxylation is 2. The first kappa shape index (κ1) is 15.0. The minimum Gasteiger partial charge on any atom is -0.481 e. The van der Waals surface area contributed by atoms with Gasteiger partial charge in [0.15, 0.2) is 0 Å². The van der Waals surface area contributed by atoms with Crippen molar-refractivity contribution in [1.29, 1.82) is 0 Å². The summed E-state index contributed by atoms with van der Waals surface area (Å²) in [7, 11) is 0. The van der Waals surface area contributed by atoms with Crippen LogP contribution in [0.25, 0.3) is 16.9 Å². The van der Waals surface area contributed by atoms with Gasteiger partial charge in [-0.25, -0.2) is 4.68 Å². The van der Waals surface area contributed by atoms with E-state index in [0.717, 1.165) is 22.6 Å². The molecule has 116 valence electrons. The average Bonchev–Trinajstić information content (AvgIpc) is 2.98. The Morgan fingerprint density at radius 3 is 2.57 bits per heavy atom. The molecule has 0 spiro atoms. The number of benzene rings is 2. The van der Waals surface area contributed by atoms with Crippen molar-refractivity contribution < 1.29 is 9.90 Å². The van der Waals surface area contributed by atoms with Crippen LogP contribution < -0.4 is 0 Å². The summed E-state index contributed by atoms with van der Waals surface area (Å²) >= 11 is 0. The van der Waals surface area contributed by atoms with Crippen molar-refractivity contribution in [3.8, 4) is 16.9 Å². The highest BCUT2D eigenvalue weighted by Gasteiger charge is 2.12. The molecule has 0 bridgehead atoms. The minimum atomic E-state index is -0.809. The van der Waals surface area contributed by atoms with Gasteiger partial charge in [-0.05, 0) is 31.2 Å². The number of hydrogen-bond donors (Lipinski definition) is 1. The lowest BCUT2D eigenvalue weighted by atomic mass is 10.1. The van der Waals surface area contributed by atoms with Gasteiger partial charge in [-0.3, -0.25) is 4.79 Å². The summed E-state index contributed by atoms with van der Waals surface area (Å²) in [6, 6.07) is 20.1. The molecule has 23 heavy (non-hydrogen) atoms. The van der Waals surface area contributed by atoms with E-state index in [1.807, 2.05) is 53.2 Å². The van der Waals surface area contributed by atoms with Crippen LogP contribution in [0.3, 0.4) is 0 Å². The Balaban J connectivity index is 2.07. The van der Waals surface area contributed by atoms with E-state index in [0.29, 0.717) is 6.42 Å². The van der Waals surface area contributed by atoms with Gasteiger partial charge in [0.25, 0.3) is 0 Å². The number of rotatable bonds is 5. The van der Waals surface area contributed by atoms with Crippen LogP contribution in [0.1, 0.15) is 17.7 Å². The fourth-order valence-corrected chi connectivity index (χ4v) is 2.56. The van der Waals surface area contributed by atoms with Gasteiger partial charge in [-0.15, -0.1) is 0 Å². The number of nitrogens with zero attached hydrogens (tertiary/aromatic N) is 2. The van der Waals surface area contributed by atoms with Crippen molar-refractivity contribution >= 4 is 5.97 Å². The molecule has 2 aromatic carbocycles. The van der Waals surface area contributed by atoms with Crippen LogP contribution >= 0.6 is 0 Å². The van der Waals surface area contributed by atoms with Gasteiger partial charge < -0.3 is 5.11 Å². The lowest BCUT2D eigenvalue weighted by molar-refractivity contribution is -0.136. The highest BCUT2D eigenvalue weighted by molar-refractivity contribution is 5.67. The molecular formula is C19H18N2O2. The summed E-state index contributed by atoms with van der Waals surface area (Å²) in [6.45, 7) is 2.05. The largest absolute Gasteiger partial charge is 0.481 e. The quantitative estimate of drug-likeness (QED) is 0.778. The average molecular weight is 306 g/mol. The number of carboxylic acids is 1. The maximum absolute atomic E-state index is 10.8. The molecule has 1 aromatic heterocycles. The van der Waals surface area contributed by atoms with Crippen LogP contribution in [-0.4, -0.2) is 20.9 Å².